The van der Waals surface area contributed by atoms with E-state index in [1.807, 2.05) is 44.5 Å². The van der Waals surface area contributed by atoms with Gasteiger partial charge in [-0.2, -0.15) is 4.98 Å². The summed E-state index contributed by atoms with van der Waals surface area (Å²) < 4.78 is 5.83. The van der Waals surface area contributed by atoms with Crippen molar-refractivity contribution in [2.75, 3.05) is 17.3 Å². The molecule has 3 heterocycles. The fraction of sp³-hybridized carbons (Fsp3) is 0.292. The van der Waals surface area contributed by atoms with Gasteiger partial charge in [0, 0.05) is 23.7 Å². The second kappa shape index (κ2) is 6.92. The molecule has 1 amide bonds. The molecule has 0 spiro atoms. The van der Waals surface area contributed by atoms with E-state index in [1.165, 1.54) is 16.9 Å². The summed E-state index contributed by atoms with van der Waals surface area (Å²) in [7, 11) is 1.82. The number of likely N-dealkylation sites (N-methyl/N-ethyl adjacent to an activating group) is 1. The van der Waals surface area contributed by atoms with Crippen molar-refractivity contribution >= 4 is 45.2 Å². The standard InChI is InChI=1S/C24H24N4O2S/c1-13(2)14-7-9-20-17(11-14)25-22(30-20)27-23-26-18(12-31-23)15-6-8-19-16(10-15)24(3,4)21(29)28(19)5/h6-13H,1-5H3,(H,25,26,27). The van der Waals surface area contributed by atoms with Crippen LogP contribution in [0, 0.1) is 0 Å². The third kappa shape index (κ3) is 3.20. The number of carbonyl (C=O) groups excluding carboxylic acids is 1. The lowest BCUT2D eigenvalue weighted by molar-refractivity contribution is -0.121. The van der Waals surface area contributed by atoms with Gasteiger partial charge in [-0.25, -0.2) is 4.98 Å². The Morgan fingerprint density at radius 2 is 1.94 bits per heavy atom. The summed E-state index contributed by atoms with van der Waals surface area (Å²) in [6, 6.07) is 12.6. The maximum atomic E-state index is 12.6. The Morgan fingerprint density at radius 1 is 1.13 bits per heavy atom. The number of thiazole rings is 1. The molecule has 1 N–H and O–H groups in total. The van der Waals surface area contributed by atoms with E-state index in [2.05, 4.69) is 42.3 Å². The first-order valence-corrected chi connectivity index (χ1v) is 11.2. The number of oxazole rings is 1. The summed E-state index contributed by atoms with van der Waals surface area (Å²) in [6.07, 6.45) is 0. The third-order valence-electron chi connectivity index (χ3n) is 5.96. The van der Waals surface area contributed by atoms with Crippen LogP contribution in [0.15, 0.2) is 46.2 Å². The van der Waals surface area contributed by atoms with Gasteiger partial charge < -0.3 is 9.32 Å². The Balaban J connectivity index is 1.42. The minimum atomic E-state index is -0.537. The van der Waals surface area contributed by atoms with Crippen molar-refractivity contribution in [2.45, 2.75) is 39.0 Å². The van der Waals surface area contributed by atoms with Crippen LogP contribution in [-0.2, 0) is 10.2 Å². The Labute approximate surface area is 184 Å². The molecule has 158 valence electrons. The number of aromatic nitrogens is 2. The second-order valence-electron chi connectivity index (χ2n) is 8.78. The van der Waals surface area contributed by atoms with Crippen LogP contribution < -0.4 is 10.2 Å². The number of anilines is 3. The zero-order chi connectivity index (χ0) is 21.9. The topological polar surface area (TPSA) is 71.3 Å². The molecular formula is C24H24N4O2S. The number of carbonyl (C=O) groups is 1. The van der Waals surface area contributed by atoms with Gasteiger partial charge in [-0.3, -0.25) is 10.1 Å². The van der Waals surface area contributed by atoms with E-state index >= 15 is 0 Å². The molecule has 31 heavy (non-hydrogen) atoms. The summed E-state index contributed by atoms with van der Waals surface area (Å²) in [5.74, 6) is 0.545. The van der Waals surface area contributed by atoms with E-state index in [-0.39, 0.29) is 5.91 Å². The molecule has 1 aliphatic heterocycles. The number of fused-ring (bicyclic) bond motifs is 2. The molecule has 7 heteroatoms. The van der Waals surface area contributed by atoms with Gasteiger partial charge in [0.1, 0.15) is 5.52 Å². The summed E-state index contributed by atoms with van der Waals surface area (Å²) in [5, 5.41) is 5.89. The number of amides is 1. The van der Waals surface area contributed by atoms with Crippen molar-refractivity contribution in [1.82, 2.24) is 9.97 Å². The fourth-order valence-corrected chi connectivity index (χ4v) is 4.75. The lowest BCUT2D eigenvalue weighted by atomic mass is 9.85. The minimum Gasteiger partial charge on any atom is -0.423 e. The molecule has 5 rings (SSSR count). The first-order valence-electron chi connectivity index (χ1n) is 10.3. The smallest absolute Gasteiger partial charge is 0.302 e. The van der Waals surface area contributed by atoms with E-state index in [4.69, 9.17) is 9.40 Å². The highest BCUT2D eigenvalue weighted by molar-refractivity contribution is 7.14. The largest absolute Gasteiger partial charge is 0.423 e. The molecule has 0 saturated heterocycles. The number of nitrogens with one attached hydrogen (secondary N) is 1. The fourth-order valence-electron chi connectivity index (χ4n) is 4.04. The molecule has 0 atom stereocenters. The van der Waals surface area contributed by atoms with Gasteiger partial charge in [-0.05, 0) is 55.2 Å². The van der Waals surface area contributed by atoms with Crippen LogP contribution in [0.25, 0.3) is 22.4 Å². The van der Waals surface area contributed by atoms with Crippen LogP contribution in [-0.4, -0.2) is 22.9 Å². The normalized spacial score (nSPS) is 15.2. The van der Waals surface area contributed by atoms with Gasteiger partial charge in [-0.15, -0.1) is 11.3 Å². The average molecular weight is 433 g/mol. The molecule has 4 aromatic rings. The monoisotopic (exact) mass is 432 g/mol. The third-order valence-corrected chi connectivity index (χ3v) is 6.72. The molecule has 0 saturated carbocycles. The van der Waals surface area contributed by atoms with Crippen molar-refractivity contribution in [3.63, 3.8) is 0 Å². The zero-order valence-electron chi connectivity index (χ0n) is 18.2. The summed E-state index contributed by atoms with van der Waals surface area (Å²) in [6.45, 7) is 8.25. The van der Waals surface area contributed by atoms with Crippen molar-refractivity contribution in [3.8, 4) is 11.3 Å². The maximum absolute atomic E-state index is 12.6. The van der Waals surface area contributed by atoms with E-state index < -0.39 is 5.41 Å². The zero-order valence-corrected chi connectivity index (χ0v) is 19.0. The predicted octanol–water partition coefficient (Wildman–Crippen LogP) is 6.07. The number of benzene rings is 2. The van der Waals surface area contributed by atoms with Gasteiger partial charge in [0.15, 0.2) is 10.7 Å². The summed E-state index contributed by atoms with van der Waals surface area (Å²) >= 11 is 1.49. The molecule has 0 radical (unpaired) electrons. The van der Waals surface area contributed by atoms with Gasteiger partial charge >= 0.3 is 6.01 Å². The first-order chi connectivity index (χ1) is 14.7. The van der Waals surface area contributed by atoms with E-state index in [0.717, 1.165) is 33.6 Å². The predicted molar refractivity (Wildman–Crippen MR) is 125 cm³/mol. The van der Waals surface area contributed by atoms with Crippen molar-refractivity contribution in [3.05, 3.63) is 52.9 Å². The van der Waals surface area contributed by atoms with Gasteiger partial charge in [0.05, 0.1) is 11.1 Å². The van der Waals surface area contributed by atoms with E-state index in [0.29, 0.717) is 17.1 Å². The van der Waals surface area contributed by atoms with Crippen molar-refractivity contribution < 1.29 is 9.21 Å². The Kier molecular flexibility index (Phi) is 4.41. The van der Waals surface area contributed by atoms with Crippen LogP contribution in [0.4, 0.5) is 16.8 Å². The quantitative estimate of drug-likeness (QED) is 0.424. The minimum absolute atomic E-state index is 0.108. The molecule has 0 aliphatic carbocycles. The highest BCUT2D eigenvalue weighted by Crippen LogP contribution is 2.42. The van der Waals surface area contributed by atoms with Gasteiger partial charge in [0.25, 0.3) is 0 Å². The van der Waals surface area contributed by atoms with Crippen LogP contribution in [0.3, 0.4) is 0 Å². The van der Waals surface area contributed by atoms with E-state index in [9.17, 15) is 4.79 Å². The molecule has 0 unspecified atom stereocenters. The van der Waals surface area contributed by atoms with Crippen LogP contribution >= 0.6 is 11.3 Å². The summed E-state index contributed by atoms with van der Waals surface area (Å²) in [4.78, 5) is 23.6. The molecule has 2 aromatic carbocycles. The Bertz CT molecular complexity index is 1320. The number of hydrogen-bond donors (Lipinski definition) is 1. The Hall–Kier alpha value is -3.19. The first kappa shape index (κ1) is 19.8. The average Bonchev–Trinajstić information content (AvgIpc) is 3.41. The maximum Gasteiger partial charge on any atom is 0.302 e. The van der Waals surface area contributed by atoms with Gasteiger partial charge in [-0.1, -0.05) is 26.0 Å². The number of rotatable bonds is 4. The van der Waals surface area contributed by atoms with Crippen molar-refractivity contribution in [1.29, 1.82) is 0 Å². The molecule has 2 aromatic heterocycles. The molecule has 6 nitrogen and oxygen atoms in total. The number of hydrogen-bond acceptors (Lipinski definition) is 6. The highest BCUT2D eigenvalue weighted by atomic mass is 32.1. The lowest BCUT2D eigenvalue weighted by Crippen LogP contribution is -2.33. The van der Waals surface area contributed by atoms with Crippen LogP contribution in [0.1, 0.15) is 44.7 Å². The number of nitrogens with zero attached hydrogens (tertiary/aromatic N) is 3. The SMILES string of the molecule is CC(C)c1ccc2oc(Nc3nc(-c4ccc5c(c4)C(C)(C)C(=O)N5C)cs3)nc2c1. The van der Waals surface area contributed by atoms with Crippen LogP contribution in [0.5, 0.6) is 0 Å². The molecule has 0 fully saturated rings. The van der Waals surface area contributed by atoms with E-state index in [1.54, 1.807) is 4.90 Å². The molecule has 0 bridgehead atoms. The molecular weight excluding hydrogens is 408 g/mol. The van der Waals surface area contributed by atoms with Gasteiger partial charge in [0.2, 0.25) is 5.91 Å². The highest BCUT2D eigenvalue weighted by Gasteiger charge is 2.42. The summed E-state index contributed by atoms with van der Waals surface area (Å²) in [5.41, 5.74) is 6.10. The van der Waals surface area contributed by atoms with Crippen LogP contribution in [0.2, 0.25) is 0 Å². The van der Waals surface area contributed by atoms with Crippen molar-refractivity contribution in [2.24, 2.45) is 0 Å². The Morgan fingerprint density at radius 3 is 2.71 bits per heavy atom. The molecule has 1 aliphatic rings. The lowest BCUT2D eigenvalue weighted by Gasteiger charge is -2.16. The second-order valence-corrected chi connectivity index (χ2v) is 9.64.